The largest absolute Gasteiger partial charge is 0.325 e. The van der Waals surface area contributed by atoms with Gasteiger partial charge >= 0.3 is 0 Å². The van der Waals surface area contributed by atoms with E-state index in [9.17, 15) is 0 Å². The van der Waals surface area contributed by atoms with Crippen molar-refractivity contribution in [2.75, 3.05) is 12.4 Å². The number of nitrogens with one attached hydrogen (secondary N) is 1. The van der Waals surface area contributed by atoms with Crippen LogP contribution in [0, 0.1) is 0 Å². The second-order valence-electron chi connectivity index (χ2n) is 12.0. The van der Waals surface area contributed by atoms with Crippen molar-refractivity contribution in [3.63, 3.8) is 0 Å². The quantitative estimate of drug-likeness (QED) is 0.120. The van der Waals surface area contributed by atoms with Gasteiger partial charge in [0.25, 0.3) is 0 Å². The lowest BCUT2D eigenvalue weighted by Gasteiger charge is -2.16. The van der Waals surface area contributed by atoms with Crippen molar-refractivity contribution in [1.29, 1.82) is 0 Å². The molecule has 0 spiro atoms. The summed E-state index contributed by atoms with van der Waals surface area (Å²) < 4.78 is 3.65. The molecule has 3 nitrogen and oxygen atoms in total. The number of aromatic nitrogens is 1. The zero-order valence-corrected chi connectivity index (χ0v) is 26.3. The van der Waals surface area contributed by atoms with E-state index in [0.717, 1.165) is 24.5 Å². The van der Waals surface area contributed by atoms with E-state index in [1.54, 1.807) is 0 Å². The number of hydrogen-bond donors (Lipinski definition) is 1. The van der Waals surface area contributed by atoms with E-state index >= 15 is 0 Å². The van der Waals surface area contributed by atoms with Gasteiger partial charge in [-0.25, -0.2) is 0 Å². The first kappa shape index (κ1) is 26.9. The zero-order valence-electron chi connectivity index (χ0n) is 25.5. The summed E-state index contributed by atoms with van der Waals surface area (Å²) >= 11 is 1.81. The third kappa shape index (κ3) is 4.29. The fraction of sp³-hybridized carbons (Fsp3) is 0.0714. The molecular formula is C42H31N3S. The van der Waals surface area contributed by atoms with Gasteiger partial charge in [-0.05, 0) is 86.3 Å². The van der Waals surface area contributed by atoms with E-state index in [4.69, 9.17) is 4.99 Å². The summed E-state index contributed by atoms with van der Waals surface area (Å²) in [7, 11) is 1.88. The van der Waals surface area contributed by atoms with Gasteiger partial charge in [0.15, 0.2) is 0 Å². The molecule has 1 aliphatic rings. The molecular weight excluding hydrogens is 579 g/mol. The van der Waals surface area contributed by atoms with Gasteiger partial charge in [-0.2, -0.15) is 0 Å². The molecule has 0 fully saturated rings. The van der Waals surface area contributed by atoms with E-state index in [1.165, 1.54) is 75.7 Å². The molecule has 1 N–H and O–H groups in total. The van der Waals surface area contributed by atoms with Crippen LogP contribution in [0.25, 0.3) is 59.0 Å². The SMILES string of the molecule is CN=C(Nc1ccccc1CC1=CC=C(c2cccc3ccccc23)CC=C1)n1c2cccc3ccc4c5sccc5cc1c4c32. The first-order valence-electron chi connectivity index (χ1n) is 15.8. The van der Waals surface area contributed by atoms with Crippen molar-refractivity contribution in [3.8, 4) is 0 Å². The predicted octanol–water partition coefficient (Wildman–Crippen LogP) is 11.2. The molecule has 8 aromatic rings. The van der Waals surface area contributed by atoms with Crippen molar-refractivity contribution in [2.24, 2.45) is 4.99 Å². The zero-order chi connectivity index (χ0) is 30.6. The van der Waals surface area contributed by atoms with Crippen LogP contribution in [-0.2, 0) is 6.42 Å². The van der Waals surface area contributed by atoms with Crippen LogP contribution >= 0.6 is 11.3 Å². The van der Waals surface area contributed by atoms with Gasteiger partial charge in [0, 0.05) is 33.6 Å². The Morgan fingerprint density at radius 2 is 1.61 bits per heavy atom. The van der Waals surface area contributed by atoms with Crippen LogP contribution in [0.1, 0.15) is 17.5 Å². The van der Waals surface area contributed by atoms with Crippen LogP contribution in [0.4, 0.5) is 5.69 Å². The van der Waals surface area contributed by atoms with Gasteiger partial charge in [-0.1, -0.05) is 109 Å². The maximum Gasteiger partial charge on any atom is 0.207 e. The Morgan fingerprint density at radius 1 is 0.761 bits per heavy atom. The highest BCUT2D eigenvalue weighted by atomic mass is 32.1. The number of aliphatic imine (C=N–C) groups is 1. The van der Waals surface area contributed by atoms with Gasteiger partial charge in [-0.3, -0.25) is 9.56 Å². The number of benzene rings is 6. The van der Waals surface area contributed by atoms with E-state index in [-0.39, 0.29) is 0 Å². The van der Waals surface area contributed by atoms with Crippen molar-refractivity contribution in [2.45, 2.75) is 12.8 Å². The van der Waals surface area contributed by atoms with Crippen molar-refractivity contribution < 1.29 is 0 Å². The molecule has 220 valence electrons. The molecule has 9 rings (SSSR count). The number of anilines is 1. The Morgan fingerprint density at radius 3 is 2.57 bits per heavy atom. The first-order valence-corrected chi connectivity index (χ1v) is 16.7. The van der Waals surface area contributed by atoms with Crippen LogP contribution in [-0.4, -0.2) is 17.6 Å². The summed E-state index contributed by atoms with van der Waals surface area (Å²) in [6.07, 6.45) is 10.9. The summed E-state index contributed by atoms with van der Waals surface area (Å²) in [6.45, 7) is 0. The van der Waals surface area contributed by atoms with Crippen molar-refractivity contribution in [1.82, 2.24) is 4.57 Å². The van der Waals surface area contributed by atoms with Crippen molar-refractivity contribution in [3.05, 3.63) is 156 Å². The van der Waals surface area contributed by atoms with Crippen LogP contribution in [0.3, 0.4) is 0 Å². The van der Waals surface area contributed by atoms with Gasteiger partial charge in [0.05, 0.1) is 11.0 Å². The average Bonchev–Trinajstić information content (AvgIpc) is 3.63. The lowest BCUT2D eigenvalue weighted by atomic mass is 9.96. The van der Waals surface area contributed by atoms with E-state index < -0.39 is 0 Å². The molecule has 1 aliphatic carbocycles. The topological polar surface area (TPSA) is 29.3 Å². The van der Waals surface area contributed by atoms with Crippen LogP contribution < -0.4 is 5.32 Å². The average molecular weight is 610 g/mol. The summed E-state index contributed by atoms with van der Waals surface area (Å²) in [5, 5.41) is 15.0. The number of thiophene rings is 1. The molecule has 46 heavy (non-hydrogen) atoms. The molecule has 0 atom stereocenters. The number of rotatable bonds is 4. The molecule has 0 radical (unpaired) electrons. The van der Waals surface area contributed by atoms with Gasteiger partial charge in [0.1, 0.15) is 0 Å². The van der Waals surface area contributed by atoms with Crippen LogP contribution in [0.5, 0.6) is 0 Å². The minimum Gasteiger partial charge on any atom is -0.325 e. The molecule has 0 unspecified atom stereocenters. The predicted molar refractivity (Wildman–Crippen MR) is 200 cm³/mol. The molecule has 0 aliphatic heterocycles. The standard InChI is InChI=1S/C42H31N3S/c1-43-42(45-37-18-8-14-30-21-22-35-40(39(30)37)38(45)26-32-23-24-46-41(32)35)44-36-17-5-3-11-31(36)25-27-9-6-12-29(20-19-27)34-16-7-13-28-10-2-4-15-33(28)34/h2-11,13-24,26H,12,25H2,1H3,(H,43,44). The first-order chi connectivity index (χ1) is 22.8. The number of nitrogens with zero attached hydrogens (tertiary/aromatic N) is 2. The normalized spacial score (nSPS) is 14.1. The molecule has 0 saturated carbocycles. The Hall–Kier alpha value is -5.45. The number of fused-ring (bicyclic) bond motifs is 3. The second kappa shape index (κ2) is 10.9. The smallest absolute Gasteiger partial charge is 0.207 e. The Labute approximate surface area is 271 Å². The summed E-state index contributed by atoms with van der Waals surface area (Å²) in [6, 6.07) is 39.5. The third-order valence-corrected chi connectivity index (χ3v) is 10.3. The van der Waals surface area contributed by atoms with E-state index in [2.05, 4.69) is 149 Å². The maximum atomic E-state index is 4.86. The fourth-order valence-electron chi connectivity index (χ4n) is 7.25. The van der Waals surface area contributed by atoms with Crippen molar-refractivity contribution >= 4 is 82.0 Å². The van der Waals surface area contributed by atoms with Gasteiger partial charge in [0.2, 0.25) is 5.96 Å². The summed E-state index contributed by atoms with van der Waals surface area (Å²) in [5.74, 6) is 0.815. The minimum absolute atomic E-state index is 0.815. The molecule has 2 aromatic heterocycles. The Balaban J connectivity index is 1.09. The molecule has 0 bridgehead atoms. The molecule has 0 saturated heterocycles. The molecule has 0 amide bonds. The van der Waals surface area contributed by atoms with Gasteiger partial charge < -0.3 is 5.32 Å². The van der Waals surface area contributed by atoms with Crippen LogP contribution in [0.2, 0.25) is 0 Å². The van der Waals surface area contributed by atoms with Crippen LogP contribution in [0.15, 0.2) is 149 Å². The number of para-hydroxylation sites is 1. The van der Waals surface area contributed by atoms with Gasteiger partial charge in [-0.15, -0.1) is 11.3 Å². The van der Waals surface area contributed by atoms with E-state index in [1.807, 2.05) is 18.4 Å². The lowest BCUT2D eigenvalue weighted by molar-refractivity contribution is 1.18. The number of hydrogen-bond acceptors (Lipinski definition) is 2. The monoisotopic (exact) mass is 609 g/mol. The summed E-state index contributed by atoms with van der Waals surface area (Å²) in [5.41, 5.74) is 8.57. The van der Waals surface area contributed by atoms with E-state index in [0.29, 0.717) is 0 Å². The molecule has 4 heteroatoms. The highest BCUT2D eigenvalue weighted by Crippen LogP contribution is 2.42. The minimum atomic E-state index is 0.815. The molecule has 2 heterocycles. The molecule has 6 aromatic carbocycles. The highest BCUT2D eigenvalue weighted by Gasteiger charge is 2.21. The lowest BCUT2D eigenvalue weighted by Crippen LogP contribution is -2.22. The fourth-order valence-corrected chi connectivity index (χ4v) is 8.16. The maximum absolute atomic E-state index is 4.86. The third-order valence-electron chi connectivity index (χ3n) is 9.38. The highest BCUT2D eigenvalue weighted by molar-refractivity contribution is 7.18. The number of allylic oxidation sites excluding steroid dienone is 6. The Bertz CT molecular complexity index is 2570. The summed E-state index contributed by atoms with van der Waals surface area (Å²) in [4.78, 5) is 4.86. The second-order valence-corrected chi connectivity index (χ2v) is 12.9. The Kier molecular flexibility index (Phi) is 6.36.